The zero-order chi connectivity index (χ0) is 29.7. The van der Waals surface area contributed by atoms with Gasteiger partial charge in [-0.2, -0.15) is 0 Å². The monoisotopic (exact) mass is 623 g/mol. The summed E-state index contributed by atoms with van der Waals surface area (Å²) in [6.07, 6.45) is 0.301. The van der Waals surface area contributed by atoms with Crippen molar-refractivity contribution in [3.63, 3.8) is 0 Å². The lowest BCUT2D eigenvalue weighted by atomic mass is 10.1. The quantitative estimate of drug-likeness (QED) is 0.277. The molecule has 0 aliphatic carbocycles. The van der Waals surface area contributed by atoms with Gasteiger partial charge in [0.1, 0.15) is 12.6 Å². The highest BCUT2D eigenvalue weighted by molar-refractivity contribution is 7.92. The van der Waals surface area contributed by atoms with Crippen molar-refractivity contribution in [2.45, 2.75) is 57.1 Å². The normalized spacial score (nSPS) is 12.5. The lowest BCUT2D eigenvalue weighted by molar-refractivity contribution is -0.141. The van der Waals surface area contributed by atoms with Crippen molar-refractivity contribution in [2.24, 2.45) is 0 Å². The van der Waals surface area contributed by atoms with Crippen molar-refractivity contribution < 1.29 is 18.0 Å². The van der Waals surface area contributed by atoms with Crippen LogP contribution in [0, 0.1) is 0 Å². The molecule has 7 nitrogen and oxygen atoms in total. The number of halogens is 3. The minimum absolute atomic E-state index is 0.0133. The molecule has 0 radical (unpaired) electrons. The lowest BCUT2D eigenvalue weighted by Crippen LogP contribution is -2.55. The fourth-order valence-electron chi connectivity index (χ4n) is 4.09. The van der Waals surface area contributed by atoms with Crippen LogP contribution in [-0.4, -0.2) is 43.3 Å². The van der Waals surface area contributed by atoms with Crippen LogP contribution in [0.5, 0.6) is 0 Å². The molecule has 1 unspecified atom stereocenters. The van der Waals surface area contributed by atoms with E-state index in [4.69, 9.17) is 34.8 Å². The van der Waals surface area contributed by atoms with E-state index in [9.17, 15) is 18.0 Å². The summed E-state index contributed by atoms with van der Waals surface area (Å²) in [5, 5.41) is 3.87. The summed E-state index contributed by atoms with van der Waals surface area (Å²) < 4.78 is 28.7. The molecule has 0 aliphatic rings. The Kier molecular flexibility index (Phi) is 10.5. The first-order chi connectivity index (χ1) is 18.7. The van der Waals surface area contributed by atoms with Crippen molar-refractivity contribution in [3.05, 3.63) is 93.4 Å². The maximum absolute atomic E-state index is 14.1. The number of carbonyl (C=O) groups excluding carboxylic acids is 2. The van der Waals surface area contributed by atoms with E-state index in [0.29, 0.717) is 11.4 Å². The summed E-state index contributed by atoms with van der Waals surface area (Å²) in [5.74, 6) is -0.929. The van der Waals surface area contributed by atoms with Crippen molar-refractivity contribution >= 4 is 62.3 Å². The second-order valence-corrected chi connectivity index (χ2v) is 13.4. The molecule has 0 aromatic heterocycles. The van der Waals surface area contributed by atoms with Crippen molar-refractivity contribution in [1.29, 1.82) is 0 Å². The molecule has 0 saturated carbocycles. The smallest absolute Gasteiger partial charge is 0.264 e. The average molecular weight is 625 g/mol. The Morgan fingerprint density at radius 3 is 1.98 bits per heavy atom. The number of nitrogens with zero attached hydrogens (tertiary/aromatic N) is 2. The Bertz CT molecular complexity index is 1420. The van der Waals surface area contributed by atoms with Gasteiger partial charge >= 0.3 is 0 Å². The fourth-order valence-corrected chi connectivity index (χ4v) is 6.15. The molecule has 0 heterocycles. The van der Waals surface area contributed by atoms with Crippen molar-refractivity contribution in [1.82, 2.24) is 10.2 Å². The van der Waals surface area contributed by atoms with Gasteiger partial charge in [0.25, 0.3) is 10.0 Å². The van der Waals surface area contributed by atoms with Gasteiger partial charge in [-0.3, -0.25) is 13.9 Å². The topological polar surface area (TPSA) is 86.8 Å². The molecular formula is C29H32Cl3N3O4S. The largest absolute Gasteiger partial charge is 0.350 e. The van der Waals surface area contributed by atoms with E-state index >= 15 is 0 Å². The molecule has 214 valence electrons. The summed E-state index contributed by atoms with van der Waals surface area (Å²) in [7, 11) is -4.23. The third kappa shape index (κ3) is 8.36. The highest BCUT2D eigenvalue weighted by atomic mass is 35.5. The van der Waals surface area contributed by atoms with Gasteiger partial charge in [0.2, 0.25) is 11.8 Å². The van der Waals surface area contributed by atoms with Crippen LogP contribution in [0.1, 0.15) is 39.7 Å². The van der Waals surface area contributed by atoms with Crippen LogP contribution >= 0.6 is 34.8 Å². The molecule has 0 saturated heterocycles. The Morgan fingerprint density at radius 2 is 1.45 bits per heavy atom. The summed E-state index contributed by atoms with van der Waals surface area (Å²) >= 11 is 18.5. The van der Waals surface area contributed by atoms with E-state index in [1.807, 2.05) is 20.8 Å². The van der Waals surface area contributed by atoms with Gasteiger partial charge in [-0.05, 0) is 75.2 Å². The molecule has 40 heavy (non-hydrogen) atoms. The first-order valence-electron chi connectivity index (χ1n) is 12.6. The molecule has 1 N–H and O–H groups in total. The summed E-state index contributed by atoms with van der Waals surface area (Å²) in [4.78, 5) is 28.8. The lowest BCUT2D eigenvalue weighted by Gasteiger charge is -2.34. The molecule has 3 rings (SSSR count). The van der Waals surface area contributed by atoms with Crippen LogP contribution < -0.4 is 9.62 Å². The molecule has 3 aromatic carbocycles. The van der Waals surface area contributed by atoms with Crippen LogP contribution in [0.15, 0.2) is 77.7 Å². The van der Waals surface area contributed by atoms with Crippen molar-refractivity contribution in [2.75, 3.05) is 10.8 Å². The summed E-state index contributed by atoms with van der Waals surface area (Å²) in [5.41, 5.74) is 0.302. The second kappa shape index (κ2) is 13.3. The zero-order valence-corrected chi connectivity index (χ0v) is 25.8. The number of sulfonamides is 1. The highest BCUT2D eigenvalue weighted by Crippen LogP contribution is 2.30. The number of nitrogens with one attached hydrogen (secondary N) is 1. The van der Waals surface area contributed by atoms with Crippen LogP contribution in [-0.2, 0) is 26.2 Å². The first-order valence-corrected chi connectivity index (χ1v) is 15.2. The molecule has 0 aliphatic heterocycles. The predicted molar refractivity (Wildman–Crippen MR) is 161 cm³/mol. The summed E-state index contributed by atoms with van der Waals surface area (Å²) in [6.45, 7) is 6.80. The van der Waals surface area contributed by atoms with Crippen LogP contribution in [0.4, 0.5) is 5.69 Å². The number of rotatable bonds is 10. The number of hydrogen-bond donors (Lipinski definition) is 1. The van der Waals surface area contributed by atoms with E-state index < -0.39 is 34.1 Å². The Balaban J connectivity index is 2.09. The third-order valence-corrected chi connectivity index (χ3v) is 8.37. The Hall–Kier alpha value is -2.78. The number of carbonyl (C=O) groups is 2. The van der Waals surface area contributed by atoms with Crippen LogP contribution in [0.2, 0.25) is 15.1 Å². The van der Waals surface area contributed by atoms with Gasteiger partial charge in [-0.15, -0.1) is 0 Å². The van der Waals surface area contributed by atoms with Gasteiger partial charge in [0.05, 0.1) is 10.6 Å². The summed E-state index contributed by atoms with van der Waals surface area (Å²) in [6, 6.07) is 18.1. The van der Waals surface area contributed by atoms with Gasteiger partial charge in [0, 0.05) is 27.2 Å². The van der Waals surface area contributed by atoms with E-state index in [1.54, 1.807) is 49.4 Å². The number of hydrogen-bond acceptors (Lipinski definition) is 4. The first kappa shape index (κ1) is 31.7. The SMILES string of the molecule is CCC(C(=O)NC(C)(C)C)N(Cc1ccc(Cl)cc1)C(=O)CN(c1cc(Cl)cc(Cl)c1)S(=O)(=O)c1ccccc1. The van der Waals surface area contributed by atoms with Gasteiger partial charge in [0.15, 0.2) is 0 Å². The van der Waals surface area contributed by atoms with Crippen LogP contribution in [0.3, 0.4) is 0 Å². The second-order valence-electron chi connectivity index (χ2n) is 10.3. The fraction of sp³-hybridized carbons (Fsp3) is 0.310. The number of benzene rings is 3. The van der Waals surface area contributed by atoms with E-state index in [-0.39, 0.29) is 33.1 Å². The van der Waals surface area contributed by atoms with Gasteiger partial charge in [-0.1, -0.05) is 72.1 Å². The minimum Gasteiger partial charge on any atom is -0.350 e. The zero-order valence-electron chi connectivity index (χ0n) is 22.7. The van der Waals surface area contributed by atoms with E-state index in [0.717, 1.165) is 9.87 Å². The third-order valence-electron chi connectivity index (χ3n) is 5.90. The number of amides is 2. The van der Waals surface area contributed by atoms with E-state index in [2.05, 4.69) is 5.32 Å². The van der Waals surface area contributed by atoms with Crippen LogP contribution in [0.25, 0.3) is 0 Å². The predicted octanol–water partition coefficient (Wildman–Crippen LogP) is 6.56. The van der Waals surface area contributed by atoms with Crippen molar-refractivity contribution in [3.8, 4) is 0 Å². The minimum atomic E-state index is -4.23. The van der Waals surface area contributed by atoms with E-state index in [1.165, 1.54) is 35.2 Å². The molecule has 0 fully saturated rings. The Labute approximate surface area is 251 Å². The maximum atomic E-state index is 14.1. The molecule has 0 spiro atoms. The van der Waals surface area contributed by atoms with Gasteiger partial charge in [-0.25, -0.2) is 8.42 Å². The molecule has 1 atom stereocenters. The number of anilines is 1. The molecule has 0 bridgehead atoms. The molecule has 2 amide bonds. The molecule has 3 aromatic rings. The highest BCUT2D eigenvalue weighted by Gasteiger charge is 2.34. The molecule has 11 heteroatoms. The van der Waals surface area contributed by atoms with Gasteiger partial charge < -0.3 is 10.2 Å². The molecular weight excluding hydrogens is 593 g/mol. The average Bonchev–Trinajstić information content (AvgIpc) is 2.87. The Morgan fingerprint density at radius 1 is 0.875 bits per heavy atom. The standard InChI is InChI=1S/C29H32Cl3N3O4S/c1-5-26(28(37)33-29(2,3)4)34(18-20-11-13-21(30)14-12-20)27(36)19-35(24-16-22(31)15-23(32)17-24)40(38,39)25-9-7-6-8-10-25/h6-17,26H,5,18-19H2,1-4H3,(H,33,37). The maximum Gasteiger partial charge on any atom is 0.264 e.